The highest BCUT2D eigenvalue weighted by molar-refractivity contribution is 7.99. The minimum atomic E-state index is -1.07. The van der Waals surface area contributed by atoms with Gasteiger partial charge in [0.05, 0.1) is 29.5 Å². The maximum Gasteiger partial charge on any atom is 0.341 e. The van der Waals surface area contributed by atoms with Crippen molar-refractivity contribution in [2.45, 2.75) is 11.7 Å². The van der Waals surface area contributed by atoms with Crippen LogP contribution in [0.25, 0.3) is 11.0 Å². The molecule has 3 aromatic carbocycles. The van der Waals surface area contributed by atoms with E-state index in [9.17, 15) is 9.59 Å². The summed E-state index contributed by atoms with van der Waals surface area (Å²) in [5.74, 6) is -0.863. The summed E-state index contributed by atoms with van der Waals surface area (Å²) >= 11 is 1.34. The second kappa shape index (κ2) is 11.2. The fourth-order valence-corrected chi connectivity index (χ4v) is 4.08. The molecule has 0 unspecified atom stereocenters. The summed E-state index contributed by atoms with van der Waals surface area (Å²) in [6.45, 7) is 0.189. The minimum absolute atomic E-state index is 0.132. The lowest BCUT2D eigenvalue weighted by Gasteiger charge is -2.09. The van der Waals surface area contributed by atoms with Gasteiger partial charge in [0.1, 0.15) is 5.75 Å². The van der Waals surface area contributed by atoms with Crippen LogP contribution in [-0.2, 0) is 16.1 Å². The molecular weight excluding hydrogens is 452 g/mol. The van der Waals surface area contributed by atoms with E-state index < -0.39 is 12.6 Å². The molecule has 0 atom stereocenters. The van der Waals surface area contributed by atoms with E-state index in [0.717, 1.165) is 21.8 Å². The monoisotopic (exact) mass is 474 g/mol. The quantitative estimate of drug-likeness (QED) is 0.206. The number of thioether (sulfide) groups is 1. The lowest BCUT2D eigenvalue weighted by molar-refractivity contribution is -0.139. The highest BCUT2D eigenvalue weighted by atomic mass is 32.2. The van der Waals surface area contributed by atoms with Crippen LogP contribution >= 0.6 is 11.8 Å². The topological polar surface area (TPSA) is 106 Å². The molecule has 0 aliphatic carbocycles. The number of nitrogens with zero attached hydrogens (tertiary/aromatic N) is 3. The molecule has 1 aromatic heterocycles. The highest BCUT2D eigenvalue weighted by Crippen LogP contribution is 2.25. The number of rotatable bonds is 10. The third-order valence-corrected chi connectivity index (χ3v) is 5.77. The van der Waals surface area contributed by atoms with E-state index in [-0.39, 0.29) is 11.7 Å². The van der Waals surface area contributed by atoms with Crippen LogP contribution < -0.4 is 10.2 Å². The SMILES string of the molecule is O=C(O)COc1ccccc1/C=N/NC(=O)CSc1nc2ccccc2n1Cc1ccccc1. The van der Waals surface area contributed by atoms with Gasteiger partial charge in [0.2, 0.25) is 0 Å². The molecule has 0 aliphatic heterocycles. The molecule has 1 amide bonds. The van der Waals surface area contributed by atoms with Crippen LogP contribution in [0.4, 0.5) is 0 Å². The molecule has 34 heavy (non-hydrogen) atoms. The third kappa shape index (κ3) is 6.02. The van der Waals surface area contributed by atoms with Crippen molar-refractivity contribution < 1.29 is 19.4 Å². The smallest absolute Gasteiger partial charge is 0.341 e. The summed E-state index contributed by atoms with van der Waals surface area (Å²) in [5.41, 5.74) is 6.08. The number of carboxylic acid groups (broad SMARTS) is 1. The Balaban J connectivity index is 1.40. The van der Waals surface area contributed by atoms with Crippen molar-refractivity contribution in [2.75, 3.05) is 12.4 Å². The van der Waals surface area contributed by atoms with Gasteiger partial charge in [-0.1, -0.05) is 66.4 Å². The largest absolute Gasteiger partial charge is 0.481 e. The molecule has 4 rings (SSSR count). The van der Waals surface area contributed by atoms with Gasteiger partial charge in [-0.3, -0.25) is 4.79 Å². The number of para-hydroxylation sites is 3. The number of benzene rings is 3. The zero-order valence-corrected chi connectivity index (χ0v) is 18.9. The van der Waals surface area contributed by atoms with E-state index in [1.165, 1.54) is 18.0 Å². The van der Waals surface area contributed by atoms with Gasteiger partial charge in [0.25, 0.3) is 5.91 Å². The van der Waals surface area contributed by atoms with Gasteiger partial charge in [-0.25, -0.2) is 15.2 Å². The Morgan fingerprint density at radius 1 is 1.03 bits per heavy atom. The van der Waals surface area contributed by atoms with Gasteiger partial charge in [0.15, 0.2) is 11.8 Å². The molecule has 9 heteroatoms. The number of aromatic nitrogens is 2. The number of ether oxygens (including phenoxy) is 1. The Bertz CT molecular complexity index is 1320. The first kappa shape index (κ1) is 23.1. The predicted octanol–water partition coefficient (Wildman–Crippen LogP) is 3.79. The molecule has 0 aliphatic rings. The van der Waals surface area contributed by atoms with Gasteiger partial charge in [-0.15, -0.1) is 0 Å². The second-order valence-corrected chi connectivity index (χ2v) is 8.20. The lowest BCUT2D eigenvalue weighted by atomic mass is 10.2. The van der Waals surface area contributed by atoms with Crippen LogP contribution in [0.2, 0.25) is 0 Å². The maximum atomic E-state index is 12.4. The normalized spacial score (nSPS) is 11.1. The van der Waals surface area contributed by atoms with Gasteiger partial charge in [-0.2, -0.15) is 5.10 Å². The van der Waals surface area contributed by atoms with Crippen LogP contribution in [-0.4, -0.2) is 45.1 Å². The first-order valence-corrected chi connectivity index (χ1v) is 11.5. The maximum absolute atomic E-state index is 12.4. The number of carbonyl (C=O) groups is 2. The average Bonchev–Trinajstić information content (AvgIpc) is 3.20. The first-order chi connectivity index (χ1) is 16.6. The average molecular weight is 475 g/mol. The van der Waals surface area contributed by atoms with Crippen molar-refractivity contribution in [1.82, 2.24) is 15.0 Å². The number of hydrazone groups is 1. The van der Waals surface area contributed by atoms with Crippen LogP contribution in [0, 0.1) is 0 Å². The van der Waals surface area contributed by atoms with Gasteiger partial charge in [0, 0.05) is 5.56 Å². The summed E-state index contributed by atoms with van der Waals surface area (Å²) in [6, 6.07) is 24.8. The zero-order chi connectivity index (χ0) is 23.8. The van der Waals surface area contributed by atoms with Crippen molar-refractivity contribution >= 4 is 40.9 Å². The highest BCUT2D eigenvalue weighted by Gasteiger charge is 2.13. The van der Waals surface area contributed by atoms with Gasteiger partial charge < -0.3 is 14.4 Å². The molecule has 0 bridgehead atoms. The Morgan fingerprint density at radius 2 is 1.76 bits per heavy atom. The van der Waals surface area contributed by atoms with Crippen molar-refractivity contribution in [2.24, 2.45) is 5.10 Å². The summed E-state index contributed by atoms with van der Waals surface area (Å²) in [4.78, 5) is 27.8. The van der Waals surface area contributed by atoms with E-state index in [2.05, 4.69) is 27.2 Å². The molecule has 0 spiro atoms. The van der Waals surface area contributed by atoms with E-state index in [1.54, 1.807) is 24.3 Å². The van der Waals surface area contributed by atoms with Crippen LogP contribution in [0.3, 0.4) is 0 Å². The molecule has 2 N–H and O–H groups in total. The second-order valence-electron chi connectivity index (χ2n) is 7.26. The molecule has 0 saturated carbocycles. The number of aliphatic carboxylic acids is 1. The van der Waals surface area contributed by atoms with Crippen molar-refractivity contribution in [3.63, 3.8) is 0 Å². The molecule has 1 heterocycles. The van der Waals surface area contributed by atoms with E-state index in [0.29, 0.717) is 17.9 Å². The van der Waals surface area contributed by atoms with Crippen molar-refractivity contribution in [3.05, 3.63) is 90.0 Å². The van der Waals surface area contributed by atoms with Crippen LogP contribution in [0.15, 0.2) is 89.1 Å². The third-order valence-electron chi connectivity index (χ3n) is 4.80. The number of imidazole rings is 1. The lowest BCUT2D eigenvalue weighted by Crippen LogP contribution is -2.20. The number of hydrogen-bond donors (Lipinski definition) is 2. The Labute approximate surface area is 200 Å². The number of carbonyl (C=O) groups excluding carboxylic acids is 1. The van der Waals surface area contributed by atoms with E-state index in [4.69, 9.17) is 14.8 Å². The van der Waals surface area contributed by atoms with Crippen LogP contribution in [0.5, 0.6) is 5.75 Å². The first-order valence-electron chi connectivity index (χ1n) is 10.5. The van der Waals surface area contributed by atoms with E-state index in [1.807, 2.05) is 42.5 Å². The summed E-state index contributed by atoms with van der Waals surface area (Å²) in [6.07, 6.45) is 1.42. The molecule has 0 fully saturated rings. The van der Waals surface area contributed by atoms with Crippen molar-refractivity contribution in [3.8, 4) is 5.75 Å². The Kier molecular flexibility index (Phi) is 7.56. The predicted molar refractivity (Wildman–Crippen MR) is 131 cm³/mol. The molecule has 0 saturated heterocycles. The fourth-order valence-electron chi connectivity index (χ4n) is 3.28. The van der Waals surface area contributed by atoms with E-state index >= 15 is 0 Å². The van der Waals surface area contributed by atoms with Gasteiger partial charge >= 0.3 is 5.97 Å². The zero-order valence-electron chi connectivity index (χ0n) is 18.1. The summed E-state index contributed by atoms with van der Waals surface area (Å²) in [7, 11) is 0. The Hall–Kier alpha value is -4.11. The summed E-state index contributed by atoms with van der Waals surface area (Å²) < 4.78 is 7.33. The number of amides is 1. The number of carboxylic acids is 1. The standard InChI is InChI=1S/C25H22N4O4S/c30-23(28-26-14-19-10-4-7-13-22(19)33-16-24(31)32)17-34-25-27-20-11-5-6-12-21(20)29(25)15-18-8-2-1-3-9-18/h1-14H,15-17H2,(H,28,30)(H,31,32)/b26-14+. The molecular formula is C25H22N4O4S. The number of nitrogens with one attached hydrogen (secondary N) is 1. The van der Waals surface area contributed by atoms with Gasteiger partial charge in [-0.05, 0) is 29.8 Å². The summed E-state index contributed by atoms with van der Waals surface area (Å²) in [5, 5.41) is 13.5. The molecule has 4 aromatic rings. The molecule has 172 valence electrons. The molecule has 0 radical (unpaired) electrons. The number of hydrogen-bond acceptors (Lipinski definition) is 6. The minimum Gasteiger partial charge on any atom is -0.481 e. The number of fused-ring (bicyclic) bond motifs is 1. The molecule has 8 nitrogen and oxygen atoms in total. The van der Waals surface area contributed by atoms with Crippen LogP contribution in [0.1, 0.15) is 11.1 Å². The fraction of sp³-hybridized carbons (Fsp3) is 0.120. The Morgan fingerprint density at radius 3 is 2.59 bits per heavy atom. The van der Waals surface area contributed by atoms with Crippen molar-refractivity contribution in [1.29, 1.82) is 0 Å².